The van der Waals surface area contributed by atoms with Crippen LogP contribution in [-0.4, -0.2) is 12.0 Å². The Morgan fingerprint density at radius 3 is 2.35 bits per heavy atom. The molecular weight excluding hydrogens is 389 g/mol. The topological polar surface area (TPSA) is 38.3 Å². The highest BCUT2D eigenvalue weighted by molar-refractivity contribution is 14.1. The SMILES string of the molecule is C[C@@H](Oc1ccc(Cl)cc1)C(=O)Nc1ccc(I)cc1. The monoisotopic (exact) mass is 401 g/mol. The van der Waals surface area contributed by atoms with E-state index in [1.54, 1.807) is 31.2 Å². The fourth-order valence-electron chi connectivity index (χ4n) is 1.55. The highest BCUT2D eigenvalue weighted by Crippen LogP contribution is 2.17. The van der Waals surface area contributed by atoms with E-state index in [1.807, 2.05) is 24.3 Å². The van der Waals surface area contributed by atoms with Gasteiger partial charge in [-0.15, -0.1) is 0 Å². The summed E-state index contributed by atoms with van der Waals surface area (Å²) in [5.74, 6) is 0.417. The van der Waals surface area contributed by atoms with Gasteiger partial charge in [0.1, 0.15) is 5.75 Å². The van der Waals surface area contributed by atoms with Crippen molar-refractivity contribution in [3.63, 3.8) is 0 Å². The molecule has 0 spiro atoms. The maximum absolute atomic E-state index is 12.0. The molecule has 1 N–H and O–H groups in total. The van der Waals surface area contributed by atoms with Gasteiger partial charge in [0.05, 0.1) is 0 Å². The molecule has 0 heterocycles. The third kappa shape index (κ3) is 4.38. The van der Waals surface area contributed by atoms with Crippen molar-refractivity contribution in [3.8, 4) is 5.75 Å². The van der Waals surface area contributed by atoms with E-state index in [0.717, 1.165) is 9.26 Å². The smallest absolute Gasteiger partial charge is 0.265 e. The molecule has 2 aromatic carbocycles. The van der Waals surface area contributed by atoms with Crippen molar-refractivity contribution >= 4 is 45.8 Å². The fourth-order valence-corrected chi connectivity index (χ4v) is 2.03. The summed E-state index contributed by atoms with van der Waals surface area (Å²) in [6.07, 6.45) is -0.588. The van der Waals surface area contributed by atoms with E-state index >= 15 is 0 Å². The van der Waals surface area contributed by atoms with E-state index in [4.69, 9.17) is 16.3 Å². The van der Waals surface area contributed by atoms with Crippen LogP contribution in [0.4, 0.5) is 5.69 Å². The zero-order valence-corrected chi connectivity index (χ0v) is 13.7. The van der Waals surface area contributed by atoms with Crippen molar-refractivity contribution in [2.45, 2.75) is 13.0 Å². The number of ether oxygens (including phenoxy) is 1. The lowest BCUT2D eigenvalue weighted by molar-refractivity contribution is -0.122. The van der Waals surface area contributed by atoms with Crippen molar-refractivity contribution in [1.29, 1.82) is 0 Å². The first-order valence-corrected chi connectivity index (χ1v) is 7.49. The summed E-state index contributed by atoms with van der Waals surface area (Å²) >= 11 is 8.01. The lowest BCUT2D eigenvalue weighted by Crippen LogP contribution is -2.30. The molecule has 0 bridgehead atoms. The molecule has 0 saturated carbocycles. The molecule has 1 atom stereocenters. The zero-order chi connectivity index (χ0) is 14.5. The van der Waals surface area contributed by atoms with Crippen molar-refractivity contribution in [1.82, 2.24) is 0 Å². The molecule has 2 rings (SSSR count). The second-order valence-corrected chi connectivity index (χ2v) is 5.89. The van der Waals surface area contributed by atoms with Crippen LogP contribution < -0.4 is 10.1 Å². The Morgan fingerprint density at radius 1 is 1.15 bits per heavy atom. The van der Waals surface area contributed by atoms with E-state index in [9.17, 15) is 4.79 Å². The van der Waals surface area contributed by atoms with Gasteiger partial charge >= 0.3 is 0 Å². The second kappa shape index (κ2) is 6.95. The standard InChI is InChI=1S/C15H13ClINO2/c1-10(20-14-8-2-11(16)3-9-14)15(19)18-13-6-4-12(17)5-7-13/h2-10H,1H3,(H,18,19)/t10-/m1/s1. The van der Waals surface area contributed by atoms with Crippen LogP contribution in [0.15, 0.2) is 48.5 Å². The third-order valence-corrected chi connectivity index (χ3v) is 3.58. The van der Waals surface area contributed by atoms with Gasteiger partial charge in [0.15, 0.2) is 6.10 Å². The van der Waals surface area contributed by atoms with Crippen LogP contribution in [0.2, 0.25) is 5.02 Å². The molecule has 0 aliphatic carbocycles. The number of benzene rings is 2. The zero-order valence-electron chi connectivity index (χ0n) is 10.8. The molecule has 1 amide bonds. The molecule has 20 heavy (non-hydrogen) atoms. The van der Waals surface area contributed by atoms with Crippen molar-refractivity contribution in [3.05, 3.63) is 57.1 Å². The molecular formula is C15H13ClINO2. The largest absolute Gasteiger partial charge is 0.481 e. The quantitative estimate of drug-likeness (QED) is 0.774. The van der Waals surface area contributed by atoms with Crippen LogP contribution >= 0.6 is 34.2 Å². The van der Waals surface area contributed by atoms with Crippen LogP contribution in [0.1, 0.15) is 6.92 Å². The van der Waals surface area contributed by atoms with Gasteiger partial charge in [0, 0.05) is 14.3 Å². The second-order valence-electron chi connectivity index (χ2n) is 4.21. The van der Waals surface area contributed by atoms with Crippen molar-refractivity contribution in [2.75, 3.05) is 5.32 Å². The van der Waals surface area contributed by atoms with Gasteiger partial charge in [-0.25, -0.2) is 0 Å². The van der Waals surface area contributed by atoms with E-state index in [2.05, 4.69) is 27.9 Å². The highest BCUT2D eigenvalue weighted by Gasteiger charge is 2.14. The molecule has 0 unspecified atom stereocenters. The molecule has 0 radical (unpaired) electrons. The Labute approximate surface area is 136 Å². The Bertz CT molecular complexity index is 584. The summed E-state index contributed by atoms with van der Waals surface area (Å²) in [5.41, 5.74) is 0.752. The minimum Gasteiger partial charge on any atom is -0.481 e. The maximum Gasteiger partial charge on any atom is 0.265 e. The maximum atomic E-state index is 12.0. The van der Waals surface area contributed by atoms with Gasteiger partial charge in [0.25, 0.3) is 5.91 Å². The molecule has 5 heteroatoms. The van der Waals surface area contributed by atoms with Crippen LogP contribution in [-0.2, 0) is 4.79 Å². The van der Waals surface area contributed by atoms with Gasteiger partial charge in [-0.2, -0.15) is 0 Å². The average Bonchev–Trinajstić information content (AvgIpc) is 2.44. The minimum absolute atomic E-state index is 0.193. The molecule has 0 aliphatic heterocycles. The summed E-state index contributed by atoms with van der Waals surface area (Å²) in [5, 5.41) is 3.44. The Hall–Kier alpha value is -1.27. The number of anilines is 1. The lowest BCUT2D eigenvalue weighted by atomic mass is 10.3. The summed E-state index contributed by atoms with van der Waals surface area (Å²) in [4.78, 5) is 12.0. The molecule has 2 aromatic rings. The highest BCUT2D eigenvalue weighted by atomic mass is 127. The van der Waals surface area contributed by atoms with E-state index in [-0.39, 0.29) is 5.91 Å². The first-order valence-electron chi connectivity index (χ1n) is 6.03. The number of carbonyl (C=O) groups is 1. The number of halogens is 2. The van der Waals surface area contributed by atoms with Crippen LogP contribution in [0.3, 0.4) is 0 Å². The molecule has 104 valence electrons. The number of rotatable bonds is 4. The van der Waals surface area contributed by atoms with Gasteiger partial charge < -0.3 is 10.1 Å². The van der Waals surface area contributed by atoms with Gasteiger partial charge in [-0.1, -0.05) is 11.6 Å². The minimum atomic E-state index is -0.588. The predicted octanol–water partition coefficient (Wildman–Crippen LogP) is 4.35. The van der Waals surface area contributed by atoms with Crippen LogP contribution in [0.5, 0.6) is 5.75 Å². The van der Waals surface area contributed by atoms with Gasteiger partial charge in [-0.05, 0) is 78.0 Å². The summed E-state index contributed by atoms with van der Waals surface area (Å²) in [6, 6.07) is 14.5. The Balaban J connectivity index is 1.94. The average molecular weight is 402 g/mol. The Morgan fingerprint density at radius 2 is 1.75 bits per heavy atom. The van der Waals surface area contributed by atoms with E-state index < -0.39 is 6.10 Å². The number of nitrogens with one attached hydrogen (secondary N) is 1. The van der Waals surface area contributed by atoms with Crippen LogP contribution in [0.25, 0.3) is 0 Å². The lowest BCUT2D eigenvalue weighted by Gasteiger charge is -2.14. The van der Waals surface area contributed by atoms with Crippen molar-refractivity contribution < 1.29 is 9.53 Å². The third-order valence-electron chi connectivity index (χ3n) is 2.61. The summed E-state index contributed by atoms with van der Waals surface area (Å²) < 4.78 is 6.67. The van der Waals surface area contributed by atoms with Gasteiger partial charge in [-0.3, -0.25) is 4.79 Å². The fraction of sp³-hybridized carbons (Fsp3) is 0.133. The molecule has 0 saturated heterocycles. The number of hydrogen-bond donors (Lipinski definition) is 1. The summed E-state index contributed by atoms with van der Waals surface area (Å²) in [7, 11) is 0. The van der Waals surface area contributed by atoms with E-state index in [0.29, 0.717) is 10.8 Å². The number of hydrogen-bond acceptors (Lipinski definition) is 2. The molecule has 0 aliphatic rings. The first-order chi connectivity index (χ1) is 9.54. The first kappa shape index (κ1) is 15.1. The molecule has 0 aromatic heterocycles. The Kier molecular flexibility index (Phi) is 5.25. The van der Waals surface area contributed by atoms with Crippen molar-refractivity contribution in [2.24, 2.45) is 0 Å². The molecule has 0 fully saturated rings. The normalized spacial score (nSPS) is 11.8. The van der Waals surface area contributed by atoms with Gasteiger partial charge in [0.2, 0.25) is 0 Å². The van der Waals surface area contributed by atoms with E-state index in [1.165, 1.54) is 0 Å². The number of carbonyl (C=O) groups excluding carboxylic acids is 1. The predicted molar refractivity (Wildman–Crippen MR) is 89.3 cm³/mol. The van der Waals surface area contributed by atoms with Crippen LogP contribution in [0, 0.1) is 3.57 Å². The summed E-state index contributed by atoms with van der Waals surface area (Å²) in [6.45, 7) is 1.70. The molecule has 3 nitrogen and oxygen atoms in total. The number of amides is 1.